The van der Waals surface area contributed by atoms with Crippen LogP contribution < -0.4 is 0 Å². The standard InChI is InChI=1S/C18H18/c1-13-9-5-3-8-12-17-16-11-7-4-6-10-15(16)14(2)18(13)17/h3-5,7-9,12H,2,6,10-11H2,1H3/b5-3-,8-3?,9-5?,12-8-,13-9-,17-12?,18-13?. The lowest BCUT2D eigenvalue weighted by Crippen LogP contribution is -1.92. The van der Waals surface area contributed by atoms with Crippen molar-refractivity contribution in [1.29, 1.82) is 0 Å². The van der Waals surface area contributed by atoms with Crippen LogP contribution in [0.25, 0.3) is 0 Å². The van der Waals surface area contributed by atoms with Gasteiger partial charge in [-0.15, -0.1) is 0 Å². The van der Waals surface area contributed by atoms with Crippen LogP contribution in [0.3, 0.4) is 0 Å². The fraction of sp³-hybridized carbons (Fsp3) is 0.222. The van der Waals surface area contributed by atoms with Gasteiger partial charge in [-0.25, -0.2) is 0 Å². The van der Waals surface area contributed by atoms with Crippen molar-refractivity contribution in [3.63, 3.8) is 0 Å². The van der Waals surface area contributed by atoms with Gasteiger partial charge >= 0.3 is 0 Å². The molecule has 0 spiro atoms. The van der Waals surface area contributed by atoms with E-state index in [9.17, 15) is 0 Å². The van der Waals surface area contributed by atoms with Crippen molar-refractivity contribution in [2.75, 3.05) is 0 Å². The predicted octanol–water partition coefficient (Wildman–Crippen LogP) is 4.96. The van der Waals surface area contributed by atoms with E-state index in [-0.39, 0.29) is 0 Å². The summed E-state index contributed by atoms with van der Waals surface area (Å²) in [6.45, 7) is 6.53. The van der Waals surface area contributed by atoms with E-state index in [1.807, 2.05) is 0 Å². The van der Waals surface area contributed by atoms with Gasteiger partial charge in [0.25, 0.3) is 0 Å². The van der Waals surface area contributed by atoms with E-state index in [1.165, 1.54) is 33.4 Å². The third-order valence-electron chi connectivity index (χ3n) is 3.90. The summed E-state index contributed by atoms with van der Waals surface area (Å²) in [7, 11) is 0. The first-order valence-corrected chi connectivity index (χ1v) is 6.62. The average Bonchev–Trinajstić information content (AvgIpc) is 2.54. The van der Waals surface area contributed by atoms with Crippen molar-refractivity contribution in [1.82, 2.24) is 0 Å². The second kappa shape index (κ2) is 4.45. The van der Waals surface area contributed by atoms with Gasteiger partial charge in [-0.05, 0) is 59.6 Å². The molecule has 0 atom stereocenters. The monoisotopic (exact) mass is 234 g/mol. The summed E-state index contributed by atoms with van der Waals surface area (Å²) in [6.07, 6.45) is 18.7. The van der Waals surface area contributed by atoms with E-state index >= 15 is 0 Å². The second-order valence-corrected chi connectivity index (χ2v) is 5.03. The summed E-state index contributed by atoms with van der Waals surface area (Å²) in [5, 5.41) is 0. The highest BCUT2D eigenvalue weighted by atomic mass is 14.3. The maximum absolute atomic E-state index is 4.34. The minimum Gasteiger partial charge on any atom is -0.0908 e. The Labute approximate surface area is 109 Å². The topological polar surface area (TPSA) is 0 Å². The van der Waals surface area contributed by atoms with E-state index in [0.29, 0.717) is 0 Å². The molecule has 3 aliphatic rings. The molecule has 0 aliphatic heterocycles. The van der Waals surface area contributed by atoms with Gasteiger partial charge in [0, 0.05) is 0 Å². The van der Waals surface area contributed by atoms with Crippen molar-refractivity contribution >= 4 is 0 Å². The van der Waals surface area contributed by atoms with Crippen LogP contribution in [-0.2, 0) is 0 Å². The number of rotatable bonds is 0. The third-order valence-corrected chi connectivity index (χ3v) is 3.90. The minimum absolute atomic E-state index is 1.05. The first-order valence-electron chi connectivity index (χ1n) is 6.62. The minimum atomic E-state index is 1.05. The fourth-order valence-electron chi connectivity index (χ4n) is 3.02. The van der Waals surface area contributed by atoms with Crippen LogP contribution in [0.2, 0.25) is 0 Å². The molecule has 0 amide bonds. The van der Waals surface area contributed by atoms with Crippen LogP contribution in [0.1, 0.15) is 26.2 Å². The lowest BCUT2D eigenvalue weighted by molar-refractivity contribution is 0.997. The lowest BCUT2D eigenvalue weighted by atomic mass is 9.94. The van der Waals surface area contributed by atoms with Crippen LogP contribution in [0.5, 0.6) is 0 Å². The molecule has 0 fully saturated rings. The van der Waals surface area contributed by atoms with Gasteiger partial charge in [0.15, 0.2) is 0 Å². The molecule has 0 aromatic rings. The Morgan fingerprint density at radius 3 is 2.83 bits per heavy atom. The fourth-order valence-corrected chi connectivity index (χ4v) is 3.02. The van der Waals surface area contributed by atoms with Gasteiger partial charge in [-0.2, -0.15) is 0 Å². The summed E-state index contributed by atoms with van der Waals surface area (Å²) >= 11 is 0. The number of fused-ring (bicyclic) bond motifs is 1. The molecule has 0 heterocycles. The zero-order chi connectivity index (χ0) is 12.5. The van der Waals surface area contributed by atoms with Gasteiger partial charge in [0.2, 0.25) is 0 Å². The van der Waals surface area contributed by atoms with E-state index < -0.39 is 0 Å². The van der Waals surface area contributed by atoms with Crippen molar-refractivity contribution in [3.8, 4) is 0 Å². The van der Waals surface area contributed by atoms with Crippen molar-refractivity contribution in [2.24, 2.45) is 0 Å². The van der Waals surface area contributed by atoms with Crippen LogP contribution in [-0.4, -0.2) is 0 Å². The van der Waals surface area contributed by atoms with Crippen molar-refractivity contribution in [3.05, 3.63) is 82.5 Å². The predicted molar refractivity (Wildman–Crippen MR) is 78.2 cm³/mol. The van der Waals surface area contributed by atoms with E-state index in [0.717, 1.165) is 19.3 Å². The summed E-state index contributed by atoms with van der Waals surface area (Å²) in [5.41, 5.74) is 8.29. The highest BCUT2D eigenvalue weighted by Gasteiger charge is 2.26. The first-order chi connectivity index (χ1) is 8.79. The van der Waals surface area contributed by atoms with Crippen LogP contribution in [0.4, 0.5) is 0 Å². The highest BCUT2D eigenvalue weighted by Crippen LogP contribution is 2.44. The normalized spacial score (nSPS) is 28.9. The number of hydrogen-bond acceptors (Lipinski definition) is 0. The van der Waals surface area contributed by atoms with Crippen molar-refractivity contribution < 1.29 is 0 Å². The van der Waals surface area contributed by atoms with Gasteiger partial charge in [-0.1, -0.05) is 49.1 Å². The maximum atomic E-state index is 4.34. The van der Waals surface area contributed by atoms with Crippen molar-refractivity contribution in [2.45, 2.75) is 26.2 Å². The second-order valence-electron chi connectivity index (χ2n) is 5.03. The molecule has 0 radical (unpaired) electrons. The van der Waals surface area contributed by atoms with Gasteiger partial charge in [-0.3, -0.25) is 0 Å². The smallest absolute Gasteiger partial charge is 0.00822 e. The Hall–Kier alpha value is -1.82. The summed E-state index contributed by atoms with van der Waals surface area (Å²) in [5.74, 6) is 0. The molecule has 0 heteroatoms. The molecular weight excluding hydrogens is 216 g/mol. The van der Waals surface area contributed by atoms with E-state index in [4.69, 9.17) is 0 Å². The zero-order valence-electron chi connectivity index (χ0n) is 10.9. The van der Waals surface area contributed by atoms with Crippen LogP contribution in [0, 0.1) is 0 Å². The molecule has 0 N–H and O–H groups in total. The lowest BCUT2D eigenvalue weighted by Gasteiger charge is -2.10. The molecule has 0 saturated heterocycles. The highest BCUT2D eigenvalue weighted by molar-refractivity contribution is 5.72. The SMILES string of the molecule is C=C1C2=C(CC=CCC2)C2=C1C(\C)=C/C=C\C=C/2. The van der Waals surface area contributed by atoms with E-state index in [2.05, 4.69) is 56.0 Å². The molecule has 90 valence electrons. The first kappa shape index (κ1) is 11.3. The largest absolute Gasteiger partial charge is 0.0908 e. The maximum Gasteiger partial charge on any atom is -0.00822 e. The number of hydrogen-bond donors (Lipinski definition) is 0. The van der Waals surface area contributed by atoms with Gasteiger partial charge < -0.3 is 0 Å². The molecule has 0 nitrogen and oxygen atoms in total. The summed E-state index contributed by atoms with van der Waals surface area (Å²) < 4.78 is 0. The number of allylic oxidation sites excluding steroid dienone is 13. The van der Waals surface area contributed by atoms with Crippen LogP contribution in [0.15, 0.2) is 82.5 Å². The average molecular weight is 234 g/mol. The molecular formula is C18H18. The van der Waals surface area contributed by atoms with Crippen LogP contribution >= 0.6 is 0 Å². The molecule has 0 saturated carbocycles. The summed E-state index contributed by atoms with van der Waals surface area (Å²) in [4.78, 5) is 0. The Balaban J connectivity index is 2.16. The summed E-state index contributed by atoms with van der Waals surface area (Å²) in [6, 6.07) is 0. The molecule has 0 bridgehead atoms. The molecule has 0 aromatic carbocycles. The Morgan fingerprint density at radius 1 is 1.06 bits per heavy atom. The zero-order valence-corrected chi connectivity index (χ0v) is 10.9. The Kier molecular flexibility index (Phi) is 2.79. The molecule has 0 unspecified atom stereocenters. The van der Waals surface area contributed by atoms with Gasteiger partial charge in [0.05, 0.1) is 0 Å². The Bertz CT molecular complexity index is 584. The van der Waals surface area contributed by atoms with E-state index in [1.54, 1.807) is 0 Å². The Morgan fingerprint density at radius 2 is 1.94 bits per heavy atom. The molecule has 18 heavy (non-hydrogen) atoms. The van der Waals surface area contributed by atoms with Gasteiger partial charge in [0.1, 0.15) is 0 Å². The molecule has 3 aliphatic carbocycles. The quantitative estimate of drug-likeness (QED) is 0.519. The molecule has 0 aromatic heterocycles. The third kappa shape index (κ3) is 1.69. The molecule has 3 rings (SSSR count).